The topological polar surface area (TPSA) is 92.9 Å². The predicted molar refractivity (Wildman–Crippen MR) is 77.5 cm³/mol. The van der Waals surface area contributed by atoms with Gasteiger partial charge in [0.25, 0.3) is 5.69 Å². The Bertz CT molecular complexity index is 579. The lowest BCUT2D eigenvalue weighted by Gasteiger charge is -2.25. The van der Waals surface area contributed by atoms with Crippen LogP contribution in [0.25, 0.3) is 0 Å². The Labute approximate surface area is 122 Å². The number of nitrogens with zero attached hydrogens (tertiary/aromatic N) is 2. The number of anilines is 1. The minimum absolute atomic E-state index is 0.115. The Hall–Kier alpha value is -2.75. The Morgan fingerprint density at radius 3 is 2.76 bits per heavy atom. The molecule has 0 fully saturated rings. The van der Waals surface area contributed by atoms with Crippen molar-refractivity contribution in [1.82, 2.24) is 0 Å². The maximum atomic E-state index is 11.0. The number of rotatable bonds is 7. The van der Waals surface area contributed by atoms with E-state index in [2.05, 4.69) is 5.92 Å². The Balaban J connectivity index is 3.22. The van der Waals surface area contributed by atoms with Crippen LogP contribution in [-0.2, 0) is 4.79 Å². The number of non-ortho nitro benzene ring substituents is 1. The number of methoxy groups -OCH3 is 1. The molecule has 0 bridgehead atoms. The van der Waals surface area contributed by atoms with Crippen molar-refractivity contribution in [2.45, 2.75) is 6.92 Å². The molecule has 0 heterocycles. The molecular weight excluding hydrogens is 276 g/mol. The summed E-state index contributed by atoms with van der Waals surface area (Å²) in [5, 5.41) is 19.9. The van der Waals surface area contributed by atoms with E-state index in [-0.39, 0.29) is 18.8 Å². The molecule has 0 amide bonds. The van der Waals surface area contributed by atoms with E-state index in [1.54, 1.807) is 4.90 Å². The van der Waals surface area contributed by atoms with Gasteiger partial charge in [0, 0.05) is 18.7 Å². The normalized spacial score (nSPS) is 11.3. The maximum Gasteiger partial charge on any atom is 0.308 e. The number of benzene rings is 1. The average molecular weight is 292 g/mol. The number of carboxylic acid groups (broad SMARTS) is 1. The second kappa shape index (κ2) is 7.14. The highest BCUT2D eigenvalue weighted by Gasteiger charge is 2.21. The summed E-state index contributed by atoms with van der Waals surface area (Å²) >= 11 is 0. The molecule has 0 saturated heterocycles. The third kappa shape index (κ3) is 4.11. The lowest BCUT2D eigenvalue weighted by atomic mass is 10.1. The first-order valence-electron chi connectivity index (χ1n) is 6.14. The summed E-state index contributed by atoms with van der Waals surface area (Å²) < 4.78 is 5.17. The third-order valence-corrected chi connectivity index (χ3v) is 2.91. The van der Waals surface area contributed by atoms with Crippen molar-refractivity contribution in [2.75, 3.05) is 25.1 Å². The van der Waals surface area contributed by atoms with Crippen LogP contribution in [0, 0.1) is 28.4 Å². The van der Waals surface area contributed by atoms with Crippen molar-refractivity contribution in [2.24, 2.45) is 5.92 Å². The number of carbonyl (C=O) groups is 1. The van der Waals surface area contributed by atoms with Crippen LogP contribution in [0.15, 0.2) is 18.2 Å². The molecule has 7 heteroatoms. The van der Waals surface area contributed by atoms with Gasteiger partial charge in [0.2, 0.25) is 0 Å². The number of aliphatic carboxylic acids is 1. The fourth-order valence-corrected chi connectivity index (χ4v) is 1.81. The number of ether oxygens (including phenoxy) is 1. The highest BCUT2D eigenvalue weighted by atomic mass is 16.6. The fourth-order valence-electron chi connectivity index (χ4n) is 1.81. The van der Waals surface area contributed by atoms with E-state index in [0.29, 0.717) is 11.4 Å². The van der Waals surface area contributed by atoms with Gasteiger partial charge < -0.3 is 14.7 Å². The van der Waals surface area contributed by atoms with E-state index >= 15 is 0 Å². The number of nitro benzene ring substituents is 1. The summed E-state index contributed by atoms with van der Waals surface area (Å²) in [4.78, 5) is 22.9. The van der Waals surface area contributed by atoms with E-state index in [9.17, 15) is 14.9 Å². The van der Waals surface area contributed by atoms with Crippen LogP contribution in [0.1, 0.15) is 6.92 Å². The van der Waals surface area contributed by atoms with Crippen LogP contribution < -0.4 is 9.64 Å². The number of nitro groups is 1. The molecule has 1 atom stereocenters. The molecule has 0 saturated carbocycles. The fraction of sp³-hybridized carbons (Fsp3) is 0.357. The Morgan fingerprint density at radius 1 is 1.62 bits per heavy atom. The molecule has 1 N–H and O–H groups in total. The SMILES string of the molecule is C#CCN(CC(C)C(=O)O)c1cc([N+](=O)[O-])ccc1OC. The zero-order chi connectivity index (χ0) is 16.0. The molecule has 0 aliphatic carbocycles. The van der Waals surface area contributed by atoms with Gasteiger partial charge in [-0.3, -0.25) is 14.9 Å². The van der Waals surface area contributed by atoms with Crippen LogP contribution in [0.2, 0.25) is 0 Å². The summed E-state index contributed by atoms with van der Waals surface area (Å²) in [5.41, 5.74) is 0.286. The van der Waals surface area contributed by atoms with Gasteiger partial charge in [0.1, 0.15) is 5.75 Å². The van der Waals surface area contributed by atoms with Crippen molar-refractivity contribution in [3.8, 4) is 18.1 Å². The highest BCUT2D eigenvalue weighted by Crippen LogP contribution is 2.32. The first-order valence-corrected chi connectivity index (χ1v) is 6.14. The number of carboxylic acids is 1. The van der Waals surface area contributed by atoms with Crippen molar-refractivity contribution < 1.29 is 19.6 Å². The van der Waals surface area contributed by atoms with Crippen molar-refractivity contribution in [3.63, 3.8) is 0 Å². The second-order valence-corrected chi connectivity index (χ2v) is 4.44. The van der Waals surface area contributed by atoms with Crippen LogP contribution in [0.5, 0.6) is 5.75 Å². The zero-order valence-electron chi connectivity index (χ0n) is 11.8. The average Bonchev–Trinajstić information content (AvgIpc) is 2.45. The molecule has 0 aliphatic rings. The van der Waals surface area contributed by atoms with Crippen molar-refractivity contribution >= 4 is 17.3 Å². The zero-order valence-corrected chi connectivity index (χ0v) is 11.8. The van der Waals surface area contributed by atoms with Gasteiger partial charge in [-0.25, -0.2) is 0 Å². The van der Waals surface area contributed by atoms with E-state index in [4.69, 9.17) is 16.3 Å². The van der Waals surface area contributed by atoms with Gasteiger partial charge >= 0.3 is 5.97 Å². The molecule has 1 rings (SSSR count). The summed E-state index contributed by atoms with van der Waals surface area (Å²) in [7, 11) is 1.43. The smallest absolute Gasteiger partial charge is 0.308 e. The van der Waals surface area contributed by atoms with Gasteiger partial charge in [0.05, 0.1) is 30.2 Å². The molecule has 112 valence electrons. The molecule has 0 aliphatic heterocycles. The second-order valence-electron chi connectivity index (χ2n) is 4.44. The van der Waals surface area contributed by atoms with E-state index in [1.165, 1.54) is 32.2 Å². The predicted octanol–water partition coefficient (Wildman–Crippen LogP) is 1.76. The molecule has 0 spiro atoms. The number of hydrogen-bond acceptors (Lipinski definition) is 5. The van der Waals surface area contributed by atoms with Crippen LogP contribution in [0.3, 0.4) is 0 Å². The summed E-state index contributed by atoms with van der Waals surface area (Å²) in [6.45, 7) is 1.78. The van der Waals surface area contributed by atoms with E-state index in [1.807, 2.05) is 0 Å². The molecule has 21 heavy (non-hydrogen) atoms. The third-order valence-electron chi connectivity index (χ3n) is 2.91. The quantitative estimate of drug-likeness (QED) is 0.467. The van der Waals surface area contributed by atoms with Crippen molar-refractivity contribution in [1.29, 1.82) is 0 Å². The van der Waals surface area contributed by atoms with Gasteiger partial charge in [-0.1, -0.05) is 12.8 Å². The summed E-state index contributed by atoms with van der Waals surface area (Å²) in [5.74, 6) is 1.17. The summed E-state index contributed by atoms with van der Waals surface area (Å²) in [6.07, 6.45) is 5.29. The molecule has 1 aromatic carbocycles. The van der Waals surface area contributed by atoms with E-state index in [0.717, 1.165) is 0 Å². The van der Waals surface area contributed by atoms with Gasteiger partial charge in [-0.15, -0.1) is 6.42 Å². The minimum Gasteiger partial charge on any atom is -0.495 e. The molecular formula is C14H16N2O5. The van der Waals surface area contributed by atoms with Gasteiger partial charge in [-0.2, -0.15) is 0 Å². The maximum absolute atomic E-state index is 11.0. The Kier molecular flexibility index (Phi) is 5.55. The van der Waals surface area contributed by atoms with E-state index < -0.39 is 16.8 Å². The summed E-state index contributed by atoms with van der Waals surface area (Å²) in [6, 6.07) is 4.10. The Morgan fingerprint density at radius 2 is 2.29 bits per heavy atom. The number of terminal acetylenes is 1. The molecule has 0 aromatic heterocycles. The highest BCUT2D eigenvalue weighted by molar-refractivity contribution is 5.71. The first-order chi connectivity index (χ1) is 9.90. The molecule has 0 radical (unpaired) electrons. The minimum atomic E-state index is -0.971. The first kappa shape index (κ1) is 16.3. The van der Waals surface area contributed by atoms with Crippen LogP contribution in [-0.4, -0.2) is 36.2 Å². The molecule has 1 aromatic rings. The lowest BCUT2D eigenvalue weighted by molar-refractivity contribution is -0.384. The lowest BCUT2D eigenvalue weighted by Crippen LogP contribution is -2.32. The monoisotopic (exact) mass is 292 g/mol. The standard InChI is InChI=1S/C14H16N2O5/c1-4-7-15(9-10(2)14(17)18)12-8-11(16(19)20)5-6-13(12)21-3/h1,5-6,8,10H,7,9H2,2-3H3,(H,17,18). The molecule has 1 unspecified atom stereocenters. The van der Waals surface area contributed by atoms with Gasteiger partial charge in [0.15, 0.2) is 0 Å². The van der Waals surface area contributed by atoms with Crippen LogP contribution >= 0.6 is 0 Å². The van der Waals surface area contributed by atoms with Crippen molar-refractivity contribution in [3.05, 3.63) is 28.3 Å². The molecule has 7 nitrogen and oxygen atoms in total. The number of hydrogen-bond donors (Lipinski definition) is 1. The van der Waals surface area contributed by atoms with Gasteiger partial charge in [-0.05, 0) is 6.07 Å². The largest absolute Gasteiger partial charge is 0.495 e. The van der Waals surface area contributed by atoms with Crippen LogP contribution in [0.4, 0.5) is 11.4 Å².